The summed E-state index contributed by atoms with van der Waals surface area (Å²) in [6.45, 7) is 0. The molecule has 1 aromatic carbocycles. The predicted molar refractivity (Wildman–Crippen MR) is 56.0 cm³/mol. The van der Waals surface area contributed by atoms with Crippen LogP contribution in [-0.4, -0.2) is 9.97 Å². The predicted octanol–water partition coefficient (Wildman–Crippen LogP) is 2.36. The lowest BCUT2D eigenvalue weighted by Gasteiger charge is -2.08. The molecule has 0 atom stereocenters. The van der Waals surface area contributed by atoms with Crippen LogP contribution < -0.4 is 11.1 Å². The van der Waals surface area contributed by atoms with Crippen LogP contribution in [0.4, 0.5) is 35.0 Å². The van der Waals surface area contributed by atoms with E-state index in [1.807, 2.05) is 0 Å². The van der Waals surface area contributed by atoms with Crippen LogP contribution in [0.25, 0.3) is 0 Å². The fraction of sp³-hybridized carbons (Fsp3) is 0. The number of aromatic nitrogens is 2. The van der Waals surface area contributed by atoms with E-state index in [2.05, 4.69) is 15.3 Å². The quantitative estimate of drug-likeness (QED) is 0.641. The van der Waals surface area contributed by atoms with E-state index in [0.29, 0.717) is 6.07 Å². The van der Waals surface area contributed by atoms with E-state index < -0.39 is 34.8 Å². The first-order chi connectivity index (χ1) is 8.49. The lowest BCUT2D eigenvalue weighted by molar-refractivity contribution is 0.449. The van der Waals surface area contributed by atoms with Crippen molar-refractivity contribution in [2.24, 2.45) is 0 Å². The molecule has 1 aromatic heterocycles. The molecule has 0 spiro atoms. The summed E-state index contributed by atoms with van der Waals surface area (Å²) in [6, 6.07) is 1.61. The van der Waals surface area contributed by atoms with E-state index in [0.717, 1.165) is 12.3 Å². The number of nitrogens with two attached hydrogens (primary N) is 1. The Balaban J connectivity index is 2.40. The number of hydrogen-bond donors (Lipinski definition) is 2. The van der Waals surface area contributed by atoms with E-state index in [9.17, 15) is 17.6 Å². The summed E-state index contributed by atoms with van der Waals surface area (Å²) in [5, 5.41) is 2.16. The van der Waals surface area contributed by atoms with E-state index in [-0.39, 0.29) is 5.95 Å². The molecule has 0 aliphatic rings. The molecule has 1 heterocycles. The summed E-state index contributed by atoms with van der Waals surface area (Å²) >= 11 is 0. The van der Waals surface area contributed by atoms with Gasteiger partial charge in [0.15, 0.2) is 29.1 Å². The average Bonchev–Trinajstić information content (AvgIpc) is 2.34. The number of nitrogens with one attached hydrogen (secondary N) is 1. The van der Waals surface area contributed by atoms with Crippen molar-refractivity contribution in [3.8, 4) is 0 Å². The second-order valence-corrected chi connectivity index (χ2v) is 3.27. The highest BCUT2D eigenvalue weighted by Gasteiger charge is 2.15. The maximum atomic E-state index is 13.3. The molecule has 2 aromatic rings. The molecule has 2 rings (SSSR count). The van der Waals surface area contributed by atoms with Gasteiger partial charge in [-0.3, -0.25) is 0 Å². The summed E-state index contributed by atoms with van der Waals surface area (Å²) in [4.78, 5) is 6.82. The van der Waals surface area contributed by atoms with Crippen LogP contribution in [0.15, 0.2) is 18.3 Å². The zero-order chi connectivity index (χ0) is 13.3. The van der Waals surface area contributed by atoms with Gasteiger partial charge in [-0.05, 0) is 12.1 Å². The molecule has 0 bridgehead atoms. The molecule has 0 aliphatic heterocycles. The third-order valence-corrected chi connectivity index (χ3v) is 2.05. The minimum Gasteiger partial charge on any atom is -0.368 e. The van der Waals surface area contributed by atoms with E-state index in [1.165, 1.54) is 0 Å². The number of nitrogens with zero attached hydrogens (tertiary/aromatic N) is 2. The molecule has 0 saturated heterocycles. The zero-order valence-electron chi connectivity index (χ0n) is 8.72. The first kappa shape index (κ1) is 12.1. The summed E-state index contributed by atoms with van der Waals surface area (Å²) in [7, 11) is 0. The molecule has 0 radical (unpaired) electrons. The Labute approximate surface area is 98.5 Å². The minimum absolute atomic E-state index is 0.248. The summed E-state index contributed by atoms with van der Waals surface area (Å²) in [5.41, 5.74) is 4.75. The van der Waals surface area contributed by atoms with Crippen LogP contribution in [0, 0.1) is 23.3 Å². The Morgan fingerprint density at radius 1 is 1.00 bits per heavy atom. The van der Waals surface area contributed by atoms with Crippen LogP contribution in [-0.2, 0) is 0 Å². The maximum Gasteiger partial charge on any atom is 0.222 e. The van der Waals surface area contributed by atoms with Crippen molar-refractivity contribution in [1.29, 1.82) is 0 Å². The summed E-state index contributed by atoms with van der Waals surface area (Å²) < 4.78 is 52.2. The Morgan fingerprint density at radius 3 is 2.44 bits per heavy atom. The largest absolute Gasteiger partial charge is 0.368 e. The Morgan fingerprint density at radius 2 is 1.72 bits per heavy atom. The SMILES string of the molecule is Nc1ncc(F)c(Nc2ccc(F)c(F)c2F)n1. The van der Waals surface area contributed by atoms with Gasteiger partial charge in [-0.15, -0.1) is 0 Å². The van der Waals surface area contributed by atoms with Crippen LogP contribution in [0.5, 0.6) is 0 Å². The van der Waals surface area contributed by atoms with Gasteiger partial charge in [0.2, 0.25) is 5.95 Å². The highest BCUT2D eigenvalue weighted by atomic mass is 19.2. The molecule has 4 nitrogen and oxygen atoms in total. The Bertz CT molecular complexity index is 603. The van der Waals surface area contributed by atoms with Crippen molar-refractivity contribution in [3.63, 3.8) is 0 Å². The molecular formula is C10H6F4N4. The fourth-order valence-electron chi connectivity index (χ4n) is 1.22. The smallest absolute Gasteiger partial charge is 0.222 e. The second kappa shape index (κ2) is 4.47. The summed E-state index contributed by atoms with van der Waals surface area (Å²) in [5.74, 6) is -6.09. The highest BCUT2D eigenvalue weighted by molar-refractivity contribution is 5.58. The lowest BCUT2D eigenvalue weighted by Crippen LogP contribution is -2.05. The van der Waals surface area contributed by atoms with Crippen LogP contribution in [0.2, 0.25) is 0 Å². The summed E-state index contributed by atoms with van der Waals surface area (Å²) in [6.07, 6.45) is 0.766. The molecule has 18 heavy (non-hydrogen) atoms. The minimum atomic E-state index is -1.66. The van der Waals surface area contributed by atoms with Crippen LogP contribution in [0.3, 0.4) is 0 Å². The third-order valence-electron chi connectivity index (χ3n) is 2.05. The lowest BCUT2D eigenvalue weighted by atomic mass is 10.3. The van der Waals surface area contributed by atoms with Gasteiger partial charge in [-0.25, -0.2) is 22.5 Å². The Kier molecular flexibility index (Phi) is 3.00. The molecule has 0 unspecified atom stereocenters. The standard InChI is InChI=1S/C10H6F4N4/c11-4-1-2-6(8(14)7(4)13)17-9-5(12)3-16-10(15)18-9/h1-3H,(H3,15,16,17,18). The molecule has 94 valence electrons. The zero-order valence-corrected chi connectivity index (χ0v) is 8.72. The van der Waals surface area contributed by atoms with Gasteiger partial charge < -0.3 is 11.1 Å². The molecule has 3 N–H and O–H groups in total. The van der Waals surface area contributed by atoms with Crippen molar-refractivity contribution in [2.45, 2.75) is 0 Å². The van der Waals surface area contributed by atoms with Gasteiger partial charge in [0.25, 0.3) is 0 Å². The van der Waals surface area contributed by atoms with E-state index in [1.54, 1.807) is 0 Å². The Hall–Kier alpha value is -2.38. The van der Waals surface area contributed by atoms with Crippen molar-refractivity contribution in [1.82, 2.24) is 9.97 Å². The third kappa shape index (κ3) is 2.17. The molecule has 0 fully saturated rings. The first-order valence-electron chi connectivity index (χ1n) is 4.67. The van der Waals surface area contributed by atoms with Crippen molar-refractivity contribution >= 4 is 17.5 Å². The molecule has 0 amide bonds. The van der Waals surface area contributed by atoms with Crippen molar-refractivity contribution in [2.75, 3.05) is 11.1 Å². The van der Waals surface area contributed by atoms with Gasteiger partial charge in [-0.1, -0.05) is 0 Å². The molecule has 0 saturated carbocycles. The number of hydrogen-bond acceptors (Lipinski definition) is 4. The van der Waals surface area contributed by atoms with Crippen molar-refractivity contribution < 1.29 is 17.6 Å². The number of rotatable bonds is 2. The van der Waals surface area contributed by atoms with Gasteiger partial charge in [0.1, 0.15) is 0 Å². The van der Waals surface area contributed by atoms with Gasteiger partial charge in [0, 0.05) is 0 Å². The second-order valence-electron chi connectivity index (χ2n) is 3.27. The number of nitrogen functional groups attached to an aromatic ring is 1. The average molecular weight is 258 g/mol. The number of benzene rings is 1. The monoisotopic (exact) mass is 258 g/mol. The maximum absolute atomic E-state index is 13.3. The normalized spacial score (nSPS) is 10.4. The highest BCUT2D eigenvalue weighted by Crippen LogP contribution is 2.23. The molecular weight excluding hydrogens is 252 g/mol. The van der Waals surface area contributed by atoms with Gasteiger partial charge >= 0.3 is 0 Å². The molecule has 0 aliphatic carbocycles. The first-order valence-corrected chi connectivity index (χ1v) is 4.67. The molecule has 8 heteroatoms. The van der Waals surface area contributed by atoms with Gasteiger partial charge in [-0.2, -0.15) is 4.98 Å². The van der Waals surface area contributed by atoms with Crippen LogP contribution >= 0.6 is 0 Å². The van der Waals surface area contributed by atoms with Crippen LogP contribution in [0.1, 0.15) is 0 Å². The van der Waals surface area contributed by atoms with Crippen molar-refractivity contribution in [3.05, 3.63) is 41.6 Å². The van der Waals surface area contributed by atoms with E-state index >= 15 is 0 Å². The van der Waals surface area contributed by atoms with Gasteiger partial charge in [0.05, 0.1) is 11.9 Å². The fourth-order valence-corrected chi connectivity index (χ4v) is 1.22. The number of halogens is 4. The number of anilines is 3. The van der Waals surface area contributed by atoms with E-state index in [4.69, 9.17) is 5.73 Å². The topological polar surface area (TPSA) is 63.8 Å².